The van der Waals surface area contributed by atoms with Gasteiger partial charge in [0.05, 0.1) is 0 Å². The summed E-state index contributed by atoms with van der Waals surface area (Å²) in [4.78, 5) is 9.56. The fraction of sp³-hybridized carbons (Fsp3) is 0.238. The summed E-state index contributed by atoms with van der Waals surface area (Å²) in [6.45, 7) is 27.3. The van der Waals surface area contributed by atoms with Gasteiger partial charge in [-0.1, -0.05) is 167 Å². The second-order valence-corrected chi connectivity index (χ2v) is 22.0. The van der Waals surface area contributed by atoms with E-state index in [1.807, 2.05) is 24.4 Å². The third-order valence-corrected chi connectivity index (χ3v) is 13.7. The number of hydrogen-bond acceptors (Lipinski definition) is 4. The summed E-state index contributed by atoms with van der Waals surface area (Å²) in [6, 6.07) is 63.9. The molecule has 0 radical (unpaired) electrons. The Hall–Kier alpha value is -6.42. The van der Waals surface area contributed by atoms with Crippen LogP contribution in [0.1, 0.15) is 104 Å². The van der Waals surface area contributed by atoms with E-state index in [1.54, 1.807) is 0 Å². The van der Waals surface area contributed by atoms with Crippen molar-refractivity contribution < 1.29 is 25.8 Å². The van der Waals surface area contributed by atoms with Gasteiger partial charge in [0, 0.05) is 66.8 Å². The van der Waals surface area contributed by atoms with Gasteiger partial charge in [0.1, 0.15) is 5.82 Å². The molecule has 6 heteroatoms. The van der Waals surface area contributed by atoms with Crippen molar-refractivity contribution in [1.82, 2.24) is 9.55 Å². The quantitative estimate of drug-likeness (QED) is 0.142. The van der Waals surface area contributed by atoms with Crippen LogP contribution in [0.3, 0.4) is 0 Å². The van der Waals surface area contributed by atoms with Gasteiger partial charge in [0.2, 0.25) is 0 Å². The van der Waals surface area contributed by atoms with Crippen molar-refractivity contribution in [3.8, 4) is 28.4 Å². The molecule has 7 aromatic carbocycles. The Morgan fingerprint density at radius 3 is 1.77 bits per heavy atom. The molecule has 9 aromatic rings. The minimum absolute atomic E-state index is 0. The Balaban J connectivity index is 0.00000593. The zero-order valence-corrected chi connectivity index (χ0v) is 44.0. The average Bonchev–Trinajstić information content (AvgIpc) is 3.87. The SMILES string of the molecule is CC(C)(C)c1ccc(C(C)(C)c2ccnc(-n3c4[c-]c(Oc5[c-]c(N6[CH-]N(c7cc(C(C)(C)C)cc(C(C)(C)C)c7)c7ccccc76)ccc5)ccc4c4cc(-c5ccccc5)ccc43)c2)cc1.[Pt]. The summed E-state index contributed by atoms with van der Waals surface area (Å²) in [6.07, 6.45) is 1.94. The Kier molecular flexibility index (Phi) is 12.3. The van der Waals surface area contributed by atoms with Crippen LogP contribution in [-0.4, -0.2) is 9.55 Å². The predicted molar refractivity (Wildman–Crippen MR) is 284 cm³/mol. The first-order valence-electron chi connectivity index (χ1n) is 23.9. The van der Waals surface area contributed by atoms with Crippen molar-refractivity contribution in [2.75, 3.05) is 9.80 Å². The largest absolute Gasteiger partial charge is 0.509 e. The Bertz CT molecular complexity index is 3300. The molecule has 3 heterocycles. The summed E-state index contributed by atoms with van der Waals surface area (Å²) in [5, 5.41) is 2.19. The van der Waals surface area contributed by atoms with Gasteiger partial charge in [-0.15, -0.1) is 48.1 Å². The third-order valence-electron chi connectivity index (χ3n) is 13.7. The fourth-order valence-corrected chi connectivity index (χ4v) is 9.40. The topological polar surface area (TPSA) is 33.5 Å². The van der Waals surface area contributed by atoms with Gasteiger partial charge in [0.25, 0.3) is 0 Å². The van der Waals surface area contributed by atoms with E-state index in [0.717, 1.165) is 55.9 Å². The second kappa shape index (κ2) is 17.8. The maximum absolute atomic E-state index is 6.74. The number of fused-ring (bicyclic) bond motifs is 4. The molecular formula is C63H61N4OPt-3. The molecule has 0 spiro atoms. The minimum Gasteiger partial charge on any atom is -0.509 e. The molecule has 0 amide bonds. The van der Waals surface area contributed by atoms with Gasteiger partial charge >= 0.3 is 0 Å². The fourth-order valence-electron chi connectivity index (χ4n) is 9.40. The van der Waals surface area contributed by atoms with Crippen molar-refractivity contribution in [2.24, 2.45) is 0 Å². The van der Waals surface area contributed by atoms with Crippen LogP contribution in [0.4, 0.5) is 22.7 Å². The zero-order chi connectivity index (χ0) is 47.8. The molecule has 0 bridgehead atoms. The van der Waals surface area contributed by atoms with E-state index >= 15 is 0 Å². The van der Waals surface area contributed by atoms with Crippen LogP contribution in [0.2, 0.25) is 0 Å². The molecule has 1 aliphatic heterocycles. The van der Waals surface area contributed by atoms with Crippen molar-refractivity contribution in [3.63, 3.8) is 0 Å². The van der Waals surface area contributed by atoms with Crippen molar-refractivity contribution in [3.05, 3.63) is 211 Å². The number of rotatable bonds is 8. The number of hydrogen-bond donors (Lipinski definition) is 0. The van der Waals surface area contributed by atoms with Crippen molar-refractivity contribution >= 4 is 44.6 Å². The van der Waals surface area contributed by atoms with Crippen LogP contribution in [0.5, 0.6) is 11.5 Å². The summed E-state index contributed by atoms with van der Waals surface area (Å²) < 4.78 is 8.98. The zero-order valence-electron chi connectivity index (χ0n) is 41.7. The summed E-state index contributed by atoms with van der Waals surface area (Å²) in [5.41, 5.74) is 14.6. The van der Waals surface area contributed by atoms with E-state index in [9.17, 15) is 0 Å². The number of ether oxygens (including phenoxy) is 1. The van der Waals surface area contributed by atoms with Gasteiger partial charge in [-0.05, 0) is 103 Å². The summed E-state index contributed by atoms with van der Waals surface area (Å²) in [5.74, 6) is 2.02. The van der Waals surface area contributed by atoms with Gasteiger partial charge in [0.15, 0.2) is 0 Å². The third kappa shape index (κ3) is 9.15. The van der Waals surface area contributed by atoms with E-state index in [0.29, 0.717) is 11.5 Å². The molecule has 0 N–H and O–H groups in total. The number of nitrogens with zero attached hydrogens (tertiary/aromatic N) is 4. The number of para-hydroxylation sites is 2. The summed E-state index contributed by atoms with van der Waals surface area (Å²) in [7, 11) is 0. The first-order chi connectivity index (χ1) is 32.3. The van der Waals surface area contributed by atoms with Gasteiger partial charge in [-0.25, -0.2) is 4.98 Å². The molecule has 10 rings (SSSR count). The van der Waals surface area contributed by atoms with E-state index in [2.05, 4.69) is 249 Å². The molecular weight excluding hydrogens is 1020 g/mol. The second-order valence-electron chi connectivity index (χ2n) is 22.0. The minimum atomic E-state index is -0.275. The molecule has 0 aliphatic carbocycles. The number of benzene rings is 7. The smallest absolute Gasteiger partial charge is 0.135 e. The van der Waals surface area contributed by atoms with Crippen LogP contribution in [0.15, 0.2) is 164 Å². The van der Waals surface area contributed by atoms with E-state index in [1.165, 1.54) is 33.4 Å². The van der Waals surface area contributed by atoms with Crippen molar-refractivity contribution in [1.29, 1.82) is 0 Å². The van der Waals surface area contributed by atoms with Crippen LogP contribution in [-0.2, 0) is 42.7 Å². The van der Waals surface area contributed by atoms with Crippen molar-refractivity contribution in [2.45, 2.75) is 97.8 Å². The Morgan fingerprint density at radius 2 is 1.10 bits per heavy atom. The molecule has 0 saturated carbocycles. The monoisotopic (exact) mass is 1080 g/mol. The molecule has 0 fully saturated rings. The van der Waals surface area contributed by atoms with Gasteiger partial charge in [-0.2, -0.15) is 12.1 Å². The molecule has 0 unspecified atom stereocenters. The molecule has 0 atom stereocenters. The molecule has 2 aromatic heterocycles. The normalized spacial score (nSPS) is 13.2. The molecule has 69 heavy (non-hydrogen) atoms. The predicted octanol–water partition coefficient (Wildman–Crippen LogP) is 16.9. The van der Waals surface area contributed by atoms with E-state index in [-0.39, 0.29) is 42.7 Å². The van der Waals surface area contributed by atoms with E-state index < -0.39 is 0 Å². The molecule has 5 nitrogen and oxygen atoms in total. The van der Waals surface area contributed by atoms with Crippen LogP contribution >= 0.6 is 0 Å². The molecule has 352 valence electrons. The van der Waals surface area contributed by atoms with Crippen LogP contribution < -0.4 is 14.5 Å². The average molecular weight is 1090 g/mol. The standard InChI is InChI=1S/C63H61N4O.Pt/c1-60(2,3)44-25-27-45(28-26-44)63(10,11)46-32-33-64-59(38-46)67-55-31-24-43(42-18-13-12-14-19-42)34-54(55)53-30-29-52(40-58(53)67)68-51-21-17-20-49(39-51)65-41-66(57-23-16-15-22-56(57)65)50-36-47(61(4,5)6)35-48(37-50)62(7,8)9;/h12-38,41H,1-11H3;/q-3;. The first-order valence-corrected chi connectivity index (χ1v) is 23.9. The number of pyridine rings is 1. The molecule has 0 saturated heterocycles. The van der Waals surface area contributed by atoms with E-state index in [4.69, 9.17) is 9.72 Å². The van der Waals surface area contributed by atoms with Crippen LogP contribution in [0, 0.1) is 18.8 Å². The van der Waals surface area contributed by atoms with Gasteiger partial charge < -0.3 is 19.1 Å². The summed E-state index contributed by atoms with van der Waals surface area (Å²) >= 11 is 0. The van der Waals surface area contributed by atoms with Gasteiger partial charge in [-0.3, -0.25) is 0 Å². The maximum Gasteiger partial charge on any atom is 0.135 e. The number of aromatic nitrogens is 2. The Morgan fingerprint density at radius 1 is 0.478 bits per heavy atom. The Labute approximate surface area is 424 Å². The van der Waals surface area contributed by atoms with Crippen LogP contribution in [0.25, 0.3) is 38.8 Å². The maximum atomic E-state index is 6.74. The molecule has 1 aliphatic rings. The number of anilines is 4. The first kappa shape index (κ1) is 47.6.